The minimum Gasteiger partial charge on any atom is -0.461 e. The highest BCUT2D eigenvalue weighted by atomic mass is 16.5. The molecule has 0 atom stereocenters. The van der Waals surface area contributed by atoms with E-state index in [1.807, 2.05) is 0 Å². The van der Waals surface area contributed by atoms with Crippen LogP contribution >= 0.6 is 0 Å². The Hall–Kier alpha value is -3.27. The number of fused-ring (bicyclic) bond motifs is 6. The van der Waals surface area contributed by atoms with Gasteiger partial charge in [0.2, 0.25) is 0 Å². The molecule has 0 saturated carbocycles. The number of hydrogen-bond acceptors (Lipinski definition) is 4. The van der Waals surface area contributed by atoms with Crippen molar-refractivity contribution in [3.63, 3.8) is 0 Å². The molecule has 0 unspecified atom stereocenters. The Morgan fingerprint density at radius 3 is 2.80 bits per heavy atom. The minimum absolute atomic E-state index is 0.245. The molecule has 4 heteroatoms. The Labute approximate surface area is 143 Å². The van der Waals surface area contributed by atoms with Gasteiger partial charge in [0.25, 0.3) is 0 Å². The van der Waals surface area contributed by atoms with Gasteiger partial charge in [0.05, 0.1) is 12.3 Å². The standard InChI is InChI=1S/C21H14N2O2/c1-2-25-21(24)19-10-16-15-8-7-13-9-12-5-3-4-6-14(12)20(13)17(15)11-18(16)22-23-19/h3-11H,2H2,1H3. The van der Waals surface area contributed by atoms with Gasteiger partial charge in [-0.15, -0.1) is 10.2 Å². The van der Waals surface area contributed by atoms with Crippen LogP contribution in [-0.4, -0.2) is 22.8 Å². The molecule has 0 radical (unpaired) electrons. The van der Waals surface area contributed by atoms with E-state index in [0.717, 1.165) is 22.0 Å². The highest BCUT2D eigenvalue weighted by Crippen LogP contribution is 2.27. The summed E-state index contributed by atoms with van der Waals surface area (Å²) >= 11 is 0. The van der Waals surface area contributed by atoms with Crippen LogP contribution in [0, 0.1) is 10.4 Å². The molecule has 3 aromatic rings. The first kappa shape index (κ1) is 14.1. The SMILES string of the molecule is CCOC(=O)c1cc2c(nn1)C=c1c-2ccc2c1=c1ccccc1=C2. The van der Waals surface area contributed by atoms with Crippen molar-refractivity contribution in [2.24, 2.45) is 0 Å². The Morgan fingerprint density at radius 1 is 1.04 bits per heavy atom. The second-order valence-corrected chi connectivity index (χ2v) is 6.12. The van der Waals surface area contributed by atoms with Gasteiger partial charge in [-0.25, -0.2) is 4.79 Å². The van der Waals surface area contributed by atoms with Crippen LogP contribution in [0.5, 0.6) is 0 Å². The molecule has 5 rings (SSSR count). The monoisotopic (exact) mass is 326 g/mol. The molecule has 2 aliphatic carbocycles. The number of rotatable bonds is 2. The van der Waals surface area contributed by atoms with Gasteiger partial charge >= 0.3 is 5.97 Å². The average molecular weight is 326 g/mol. The Bertz CT molecular complexity index is 1280. The maximum atomic E-state index is 12.0. The lowest BCUT2D eigenvalue weighted by Gasteiger charge is -2.04. The maximum absolute atomic E-state index is 12.0. The Balaban J connectivity index is 1.80. The predicted octanol–water partition coefficient (Wildman–Crippen LogP) is 1.89. The van der Waals surface area contributed by atoms with Crippen LogP contribution in [0.25, 0.3) is 23.3 Å². The predicted molar refractivity (Wildman–Crippen MR) is 93.9 cm³/mol. The van der Waals surface area contributed by atoms with Crippen molar-refractivity contribution in [1.29, 1.82) is 0 Å². The average Bonchev–Trinajstić information content (AvgIpc) is 3.19. The van der Waals surface area contributed by atoms with Crippen molar-refractivity contribution in [1.82, 2.24) is 10.2 Å². The number of esters is 1. The summed E-state index contributed by atoms with van der Waals surface area (Å²) in [5.41, 5.74) is 4.26. The van der Waals surface area contributed by atoms with Gasteiger partial charge in [0.1, 0.15) is 0 Å². The Kier molecular flexibility index (Phi) is 2.88. The van der Waals surface area contributed by atoms with E-state index < -0.39 is 5.97 Å². The van der Waals surface area contributed by atoms with Crippen molar-refractivity contribution in [3.8, 4) is 11.1 Å². The fourth-order valence-electron chi connectivity index (χ4n) is 3.63. The molecule has 2 aromatic carbocycles. The summed E-state index contributed by atoms with van der Waals surface area (Å²) in [4.78, 5) is 12.0. The van der Waals surface area contributed by atoms with Gasteiger partial charge in [-0.05, 0) is 57.1 Å². The van der Waals surface area contributed by atoms with Crippen LogP contribution in [0.1, 0.15) is 28.7 Å². The zero-order valence-electron chi connectivity index (χ0n) is 13.6. The van der Waals surface area contributed by atoms with Crippen LogP contribution in [0.3, 0.4) is 0 Å². The van der Waals surface area contributed by atoms with Crippen LogP contribution in [0.4, 0.5) is 0 Å². The zero-order valence-corrected chi connectivity index (χ0v) is 13.6. The van der Waals surface area contributed by atoms with Crippen molar-refractivity contribution in [2.45, 2.75) is 6.92 Å². The fourth-order valence-corrected chi connectivity index (χ4v) is 3.63. The summed E-state index contributed by atoms with van der Waals surface area (Å²) in [6.07, 6.45) is 4.26. The number of benzene rings is 2. The van der Waals surface area contributed by atoms with Gasteiger partial charge in [-0.3, -0.25) is 0 Å². The Morgan fingerprint density at radius 2 is 1.92 bits per heavy atom. The normalized spacial score (nSPS) is 12.4. The zero-order chi connectivity index (χ0) is 17.0. The second-order valence-electron chi connectivity index (χ2n) is 6.12. The van der Waals surface area contributed by atoms with E-state index in [4.69, 9.17) is 4.74 Å². The lowest BCUT2D eigenvalue weighted by molar-refractivity contribution is 0.0518. The van der Waals surface area contributed by atoms with Crippen molar-refractivity contribution >= 4 is 18.1 Å². The molecular formula is C21H14N2O2. The first-order valence-electron chi connectivity index (χ1n) is 8.27. The smallest absolute Gasteiger partial charge is 0.358 e. The summed E-state index contributed by atoms with van der Waals surface area (Å²) in [5.74, 6) is -0.439. The molecule has 0 N–H and O–H groups in total. The molecule has 0 aliphatic heterocycles. The quantitative estimate of drug-likeness (QED) is 0.465. The summed E-state index contributed by atoms with van der Waals surface area (Å²) < 4.78 is 5.04. The second kappa shape index (κ2) is 5.11. The van der Waals surface area contributed by atoms with Crippen molar-refractivity contribution in [3.05, 3.63) is 80.3 Å². The largest absolute Gasteiger partial charge is 0.461 e. The summed E-state index contributed by atoms with van der Waals surface area (Å²) in [5, 5.41) is 13.1. The van der Waals surface area contributed by atoms with E-state index >= 15 is 0 Å². The first-order valence-corrected chi connectivity index (χ1v) is 8.27. The number of carbonyl (C=O) groups excluding carboxylic acids is 1. The lowest BCUT2D eigenvalue weighted by Crippen LogP contribution is -2.09. The molecule has 1 aromatic heterocycles. The van der Waals surface area contributed by atoms with E-state index in [9.17, 15) is 4.79 Å². The molecule has 0 saturated heterocycles. The van der Waals surface area contributed by atoms with Crippen molar-refractivity contribution < 1.29 is 9.53 Å². The number of nitrogens with zero attached hydrogens (tertiary/aromatic N) is 2. The van der Waals surface area contributed by atoms with Gasteiger partial charge in [-0.2, -0.15) is 0 Å². The lowest BCUT2D eigenvalue weighted by atomic mass is 10.0. The summed E-state index contributed by atoms with van der Waals surface area (Å²) in [6.45, 7) is 2.10. The number of carbonyl (C=O) groups is 1. The summed E-state index contributed by atoms with van der Waals surface area (Å²) in [6, 6.07) is 14.4. The third kappa shape index (κ3) is 1.97. The van der Waals surface area contributed by atoms with Gasteiger partial charge in [-0.1, -0.05) is 36.4 Å². The first-order chi connectivity index (χ1) is 12.3. The molecule has 0 fully saturated rings. The van der Waals surface area contributed by atoms with E-state index in [1.165, 1.54) is 21.2 Å². The number of ether oxygens (including phenoxy) is 1. The molecule has 0 amide bonds. The third-order valence-electron chi connectivity index (χ3n) is 4.70. The molecule has 2 aliphatic rings. The number of aromatic nitrogens is 2. The van der Waals surface area contributed by atoms with Crippen LogP contribution in [-0.2, 0) is 4.74 Å². The van der Waals surface area contributed by atoms with E-state index in [-0.39, 0.29) is 5.69 Å². The van der Waals surface area contributed by atoms with Gasteiger partial charge < -0.3 is 4.74 Å². The van der Waals surface area contributed by atoms with E-state index in [0.29, 0.717) is 6.61 Å². The van der Waals surface area contributed by atoms with Crippen molar-refractivity contribution in [2.75, 3.05) is 6.61 Å². The van der Waals surface area contributed by atoms with Crippen LogP contribution in [0.15, 0.2) is 42.5 Å². The molecule has 0 bridgehead atoms. The topological polar surface area (TPSA) is 52.1 Å². The highest BCUT2D eigenvalue weighted by molar-refractivity contribution is 5.91. The van der Waals surface area contributed by atoms with Gasteiger partial charge in [0.15, 0.2) is 5.69 Å². The fraction of sp³-hybridized carbons (Fsp3) is 0.0952. The molecule has 25 heavy (non-hydrogen) atoms. The van der Waals surface area contributed by atoms with Crippen LogP contribution in [0.2, 0.25) is 0 Å². The molecule has 1 heterocycles. The van der Waals surface area contributed by atoms with Gasteiger partial charge in [0, 0.05) is 5.56 Å². The van der Waals surface area contributed by atoms with E-state index in [1.54, 1.807) is 13.0 Å². The molecule has 4 nitrogen and oxygen atoms in total. The minimum atomic E-state index is -0.439. The molecule has 120 valence electrons. The van der Waals surface area contributed by atoms with Crippen LogP contribution < -0.4 is 10.4 Å². The third-order valence-corrected chi connectivity index (χ3v) is 4.70. The highest BCUT2D eigenvalue weighted by Gasteiger charge is 2.20. The van der Waals surface area contributed by atoms with E-state index in [2.05, 4.69) is 58.7 Å². The summed E-state index contributed by atoms with van der Waals surface area (Å²) in [7, 11) is 0. The number of hydrogen-bond donors (Lipinski definition) is 0. The molecule has 0 spiro atoms. The molecular weight excluding hydrogens is 312 g/mol. The maximum Gasteiger partial charge on any atom is 0.358 e.